The average Bonchev–Trinajstić information content (AvgIpc) is 3.20. The van der Waals surface area contributed by atoms with Gasteiger partial charge in [-0.1, -0.05) is 35.9 Å². The largest absolute Gasteiger partial charge is 0.378 e. The van der Waals surface area contributed by atoms with Crippen molar-refractivity contribution in [2.45, 2.75) is 0 Å². The van der Waals surface area contributed by atoms with Gasteiger partial charge in [-0.2, -0.15) is 0 Å². The van der Waals surface area contributed by atoms with Crippen molar-refractivity contribution in [2.75, 3.05) is 36.5 Å². The molecule has 138 valence electrons. The summed E-state index contributed by atoms with van der Waals surface area (Å²) in [5.74, 6) is -0.222. The number of hydrogen-bond acceptors (Lipinski definition) is 5. The summed E-state index contributed by atoms with van der Waals surface area (Å²) in [6.07, 6.45) is 0. The molecule has 0 radical (unpaired) electrons. The Bertz CT molecular complexity index is 954. The van der Waals surface area contributed by atoms with Crippen LogP contribution >= 0.6 is 22.9 Å². The van der Waals surface area contributed by atoms with Crippen molar-refractivity contribution in [1.82, 2.24) is 4.98 Å². The smallest absolute Gasteiger partial charge is 0.275 e. The van der Waals surface area contributed by atoms with Crippen molar-refractivity contribution in [2.24, 2.45) is 0 Å². The van der Waals surface area contributed by atoms with E-state index in [0.29, 0.717) is 23.9 Å². The number of nitrogens with one attached hydrogen (secondary N) is 1. The molecule has 1 amide bonds. The molecular formula is C20H18ClN3O2S. The monoisotopic (exact) mass is 399 g/mol. The van der Waals surface area contributed by atoms with E-state index in [2.05, 4.69) is 15.2 Å². The van der Waals surface area contributed by atoms with Crippen LogP contribution in [0, 0.1) is 0 Å². The second kappa shape index (κ2) is 8.08. The Balaban J connectivity index is 1.53. The Labute approximate surface area is 166 Å². The molecule has 0 aliphatic carbocycles. The third-order valence-corrected chi connectivity index (χ3v) is 5.44. The van der Waals surface area contributed by atoms with E-state index >= 15 is 0 Å². The second-order valence-electron chi connectivity index (χ2n) is 6.12. The van der Waals surface area contributed by atoms with Gasteiger partial charge >= 0.3 is 0 Å². The van der Waals surface area contributed by atoms with Gasteiger partial charge in [-0.15, -0.1) is 11.3 Å². The maximum absolute atomic E-state index is 12.7. The average molecular weight is 400 g/mol. The molecule has 1 saturated heterocycles. The first kappa shape index (κ1) is 18.0. The molecule has 0 atom stereocenters. The number of rotatable bonds is 4. The van der Waals surface area contributed by atoms with E-state index in [9.17, 15) is 4.79 Å². The summed E-state index contributed by atoms with van der Waals surface area (Å²) in [6.45, 7) is 3.00. The van der Waals surface area contributed by atoms with Crippen LogP contribution in [0.15, 0.2) is 53.9 Å². The van der Waals surface area contributed by atoms with Crippen LogP contribution in [0.4, 0.5) is 11.4 Å². The van der Waals surface area contributed by atoms with Crippen LogP contribution < -0.4 is 10.2 Å². The van der Waals surface area contributed by atoms with E-state index in [1.165, 1.54) is 11.3 Å². The van der Waals surface area contributed by atoms with Gasteiger partial charge < -0.3 is 15.0 Å². The zero-order valence-electron chi connectivity index (χ0n) is 14.5. The highest BCUT2D eigenvalue weighted by atomic mass is 35.5. The van der Waals surface area contributed by atoms with Crippen LogP contribution in [-0.4, -0.2) is 37.2 Å². The molecule has 3 aromatic rings. The molecule has 0 spiro atoms. The van der Waals surface area contributed by atoms with Crippen molar-refractivity contribution < 1.29 is 9.53 Å². The molecule has 1 N–H and O–H groups in total. The van der Waals surface area contributed by atoms with Crippen molar-refractivity contribution in [3.63, 3.8) is 0 Å². The lowest BCUT2D eigenvalue weighted by Crippen LogP contribution is -2.36. The van der Waals surface area contributed by atoms with Crippen molar-refractivity contribution >= 4 is 40.2 Å². The number of carbonyl (C=O) groups is 1. The molecule has 0 unspecified atom stereocenters. The van der Waals surface area contributed by atoms with Crippen LogP contribution in [0.3, 0.4) is 0 Å². The lowest BCUT2D eigenvalue weighted by Gasteiger charge is -2.30. The normalized spacial score (nSPS) is 14.2. The molecular weight excluding hydrogens is 382 g/mol. The SMILES string of the molecule is O=C(Nc1ccccc1N1CCOCC1)c1csc(-c2cccc(Cl)c2)n1. The number of morpholine rings is 1. The van der Waals surface area contributed by atoms with Gasteiger partial charge in [0.25, 0.3) is 5.91 Å². The van der Waals surface area contributed by atoms with Gasteiger partial charge in [0.1, 0.15) is 10.7 Å². The summed E-state index contributed by atoms with van der Waals surface area (Å²) < 4.78 is 5.42. The third kappa shape index (κ3) is 4.13. The van der Waals surface area contributed by atoms with Gasteiger partial charge in [0.05, 0.1) is 24.6 Å². The molecule has 7 heteroatoms. The van der Waals surface area contributed by atoms with E-state index in [-0.39, 0.29) is 5.91 Å². The number of nitrogens with zero attached hydrogens (tertiary/aromatic N) is 2. The lowest BCUT2D eigenvalue weighted by molar-refractivity contribution is 0.102. The number of benzene rings is 2. The Kier molecular flexibility index (Phi) is 5.38. The molecule has 0 bridgehead atoms. The number of anilines is 2. The lowest BCUT2D eigenvalue weighted by atomic mass is 10.2. The van der Waals surface area contributed by atoms with Gasteiger partial charge in [-0.25, -0.2) is 4.98 Å². The first-order valence-electron chi connectivity index (χ1n) is 8.65. The first-order valence-corrected chi connectivity index (χ1v) is 9.91. The van der Waals surface area contributed by atoms with Crippen molar-refractivity contribution in [3.8, 4) is 10.6 Å². The van der Waals surface area contributed by atoms with Gasteiger partial charge in [0.2, 0.25) is 0 Å². The van der Waals surface area contributed by atoms with E-state index in [0.717, 1.165) is 35.0 Å². The molecule has 27 heavy (non-hydrogen) atoms. The maximum Gasteiger partial charge on any atom is 0.275 e. The molecule has 1 aromatic heterocycles. The Hall–Kier alpha value is -2.41. The zero-order valence-corrected chi connectivity index (χ0v) is 16.1. The van der Waals surface area contributed by atoms with E-state index in [1.54, 1.807) is 5.38 Å². The summed E-state index contributed by atoms with van der Waals surface area (Å²) >= 11 is 7.47. The molecule has 2 heterocycles. The van der Waals surface area contributed by atoms with Crippen LogP contribution in [0.5, 0.6) is 0 Å². The minimum absolute atomic E-state index is 0.222. The Morgan fingerprint density at radius 1 is 1.15 bits per heavy atom. The predicted octanol–water partition coefficient (Wildman–Crippen LogP) is 4.55. The third-order valence-electron chi connectivity index (χ3n) is 4.31. The van der Waals surface area contributed by atoms with E-state index in [1.807, 2.05) is 48.5 Å². The number of carbonyl (C=O) groups excluding carboxylic acids is 1. The fourth-order valence-corrected chi connectivity index (χ4v) is 3.97. The number of halogens is 1. The molecule has 0 saturated carbocycles. The minimum atomic E-state index is -0.222. The fraction of sp³-hybridized carbons (Fsp3) is 0.200. The van der Waals surface area contributed by atoms with Crippen LogP contribution in [-0.2, 0) is 4.74 Å². The summed E-state index contributed by atoms with van der Waals surface area (Å²) in [4.78, 5) is 19.4. The highest BCUT2D eigenvalue weighted by molar-refractivity contribution is 7.13. The van der Waals surface area contributed by atoms with Crippen LogP contribution in [0.25, 0.3) is 10.6 Å². The van der Waals surface area contributed by atoms with E-state index in [4.69, 9.17) is 16.3 Å². The van der Waals surface area contributed by atoms with Gasteiger partial charge in [0, 0.05) is 29.1 Å². The molecule has 1 aliphatic rings. The second-order valence-corrected chi connectivity index (χ2v) is 7.41. The summed E-state index contributed by atoms with van der Waals surface area (Å²) in [7, 11) is 0. The number of amides is 1. The van der Waals surface area contributed by atoms with Crippen LogP contribution in [0.2, 0.25) is 5.02 Å². The quantitative estimate of drug-likeness (QED) is 0.699. The first-order chi connectivity index (χ1) is 13.2. The fourth-order valence-electron chi connectivity index (χ4n) is 2.98. The van der Waals surface area contributed by atoms with E-state index < -0.39 is 0 Å². The zero-order chi connectivity index (χ0) is 18.6. The Morgan fingerprint density at radius 2 is 1.96 bits per heavy atom. The minimum Gasteiger partial charge on any atom is -0.378 e. The molecule has 1 fully saturated rings. The number of hydrogen-bond donors (Lipinski definition) is 1. The molecule has 2 aromatic carbocycles. The summed E-state index contributed by atoms with van der Waals surface area (Å²) in [5, 5.41) is 6.18. The standard InChI is InChI=1S/C20H18ClN3O2S/c21-15-5-3-4-14(12-15)20-23-17(13-27-20)19(25)22-16-6-1-2-7-18(16)24-8-10-26-11-9-24/h1-7,12-13H,8-11H2,(H,22,25). The maximum atomic E-state index is 12.7. The predicted molar refractivity (Wildman–Crippen MR) is 110 cm³/mol. The number of thiazole rings is 1. The van der Waals surface area contributed by atoms with Gasteiger partial charge in [-0.05, 0) is 24.3 Å². The number of para-hydroxylation sites is 2. The van der Waals surface area contributed by atoms with Gasteiger partial charge in [0.15, 0.2) is 0 Å². The Morgan fingerprint density at radius 3 is 2.78 bits per heavy atom. The summed E-state index contributed by atoms with van der Waals surface area (Å²) in [5.41, 5.74) is 3.08. The van der Waals surface area contributed by atoms with Crippen molar-refractivity contribution in [1.29, 1.82) is 0 Å². The van der Waals surface area contributed by atoms with Crippen LogP contribution in [0.1, 0.15) is 10.5 Å². The molecule has 5 nitrogen and oxygen atoms in total. The molecule has 4 rings (SSSR count). The highest BCUT2D eigenvalue weighted by Gasteiger charge is 2.18. The van der Waals surface area contributed by atoms with Crippen molar-refractivity contribution in [3.05, 3.63) is 64.6 Å². The number of aromatic nitrogens is 1. The number of ether oxygens (including phenoxy) is 1. The topological polar surface area (TPSA) is 54.5 Å². The highest BCUT2D eigenvalue weighted by Crippen LogP contribution is 2.29. The summed E-state index contributed by atoms with van der Waals surface area (Å²) in [6, 6.07) is 15.3. The van der Waals surface area contributed by atoms with Gasteiger partial charge in [-0.3, -0.25) is 4.79 Å². The molecule has 1 aliphatic heterocycles.